The Morgan fingerprint density at radius 3 is 2.29 bits per heavy atom. The van der Waals surface area contributed by atoms with Gasteiger partial charge in [0, 0.05) is 18.5 Å². The van der Waals surface area contributed by atoms with Crippen LogP contribution in [0.5, 0.6) is 0 Å². The molecule has 0 aliphatic carbocycles. The highest BCUT2D eigenvalue weighted by Crippen LogP contribution is 2.25. The molecule has 0 spiro atoms. The number of carbonyl (C=O) groups excluding carboxylic acids is 1. The van der Waals surface area contributed by atoms with Gasteiger partial charge >= 0.3 is 0 Å². The zero-order chi connectivity index (χ0) is 10.7. The van der Waals surface area contributed by atoms with Crippen molar-refractivity contribution in [1.29, 1.82) is 0 Å². The lowest BCUT2D eigenvalue weighted by Gasteiger charge is -2.42. The molecule has 0 bridgehead atoms. The van der Waals surface area contributed by atoms with Crippen molar-refractivity contribution in [3.63, 3.8) is 0 Å². The molecule has 1 aliphatic rings. The van der Waals surface area contributed by atoms with Gasteiger partial charge in [-0.05, 0) is 33.6 Å². The quantitative estimate of drug-likeness (QED) is 0.693. The first-order valence-corrected chi connectivity index (χ1v) is 5.88. The van der Waals surface area contributed by atoms with Crippen molar-refractivity contribution in [2.75, 3.05) is 0 Å². The minimum Gasteiger partial charge on any atom is -0.298 e. The molecule has 1 aliphatic heterocycles. The number of piperidine rings is 1. The molecular weight excluding hydrogens is 174 g/mol. The van der Waals surface area contributed by atoms with E-state index in [2.05, 4.69) is 25.7 Å². The van der Waals surface area contributed by atoms with Crippen LogP contribution in [0, 0.1) is 0 Å². The predicted octanol–water partition coefficient (Wildman–Crippen LogP) is 2.62. The zero-order valence-electron chi connectivity index (χ0n) is 9.92. The second-order valence-electron chi connectivity index (χ2n) is 4.57. The Kier molecular flexibility index (Phi) is 4.11. The summed E-state index contributed by atoms with van der Waals surface area (Å²) in [5, 5.41) is 0. The third-order valence-corrected chi connectivity index (χ3v) is 3.52. The van der Waals surface area contributed by atoms with Crippen molar-refractivity contribution in [3.05, 3.63) is 0 Å². The first-order valence-electron chi connectivity index (χ1n) is 5.88. The number of rotatable bonds is 3. The molecule has 1 fully saturated rings. The molecule has 0 aromatic heterocycles. The van der Waals surface area contributed by atoms with Crippen LogP contribution in [0.1, 0.15) is 53.4 Å². The molecule has 0 N–H and O–H groups in total. The van der Waals surface area contributed by atoms with Crippen molar-refractivity contribution >= 4 is 5.78 Å². The van der Waals surface area contributed by atoms with E-state index in [-0.39, 0.29) is 6.04 Å². The van der Waals surface area contributed by atoms with Gasteiger partial charge in [-0.3, -0.25) is 9.69 Å². The third kappa shape index (κ3) is 2.35. The summed E-state index contributed by atoms with van der Waals surface area (Å²) in [5.41, 5.74) is 0. The fraction of sp³-hybridized carbons (Fsp3) is 0.917. The third-order valence-electron chi connectivity index (χ3n) is 3.52. The second kappa shape index (κ2) is 4.92. The van der Waals surface area contributed by atoms with Gasteiger partial charge in [0.2, 0.25) is 0 Å². The van der Waals surface area contributed by atoms with Gasteiger partial charge in [-0.2, -0.15) is 0 Å². The van der Waals surface area contributed by atoms with Crippen molar-refractivity contribution in [3.8, 4) is 0 Å². The summed E-state index contributed by atoms with van der Waals surface area (Å²) in [4.78, 5) is 14.1. The highest BCUT2D eigenvalue weighted by atomic mass is 16.1. The van der Waals surface area contributed by atoms with Crippen LogP contribution in [-0.4, -0.2) is 28.8 Å². The van der Waals surface area contributed by atoms with Gasteiger partial charge in [0.1, 0.15) is 5.78 Å². The van der Waals surface area contributed by atoms with Gasteiger partial charge in [-0.1, -0.05) is 13.3 Å². The lowest BCUT2D eigenvalue weighted by atomic mass is 9.94. The van der Waals surface area contributed by atoms with Crippen molar-refractivity contribution in [2.24, 2.45) is 0 Å². The Balaban J connectivity index is 2.67. The molecular formula is C12H23NO. The average Bonchev–Trinajstić information content (AvgIpc) is 2.16. The SMILES string of the molecule is CCC(=O)C(C)N1C(C)CCCC1C. The van der Waals surface area contributed by atoms with E-state index in [1.807, 2.05) is 6.92 Å². The number of ketones is 1. The maximum absolute atomic E-state index is 11.7. The van der Waals surface area contributed by atoms with Gasteiger partial charge in [-0.15, -0.1) is 0 Å². The summed E-state index contributed by atoms with van der Waals surface area (Å²) in [7, 11) is 0. The second-order valence-corrected chi connectivity index (χ2v) is 4.57. The van der Waals surface area contributed by atoms with Crippen LogP contribution in [0.2, 0.25) is 0 Å². The van der Waals surface area contributed by atoms with Gasteiger partial charge < -0.3 is 0 Å². The topological polar surface area (TPSA) is 20.3 Å². The Morgan fingerprint density at radius 1 is 1.36 bits per heavy atom. The monoisotopic (exact) mass is 197 g/mol. The summed E-state index contributed by atoms with van der Waals surface area (Å²) in [6.45, 7) is 8.51. The van der Waals surface area contributed by atoms with E-state index < -0.39 is 0 Å². The molecule has 1 saturated heterocycles. The normalized spacial score (nSPS) is 31.4. The number of Topliss-reactive ketones (excluding diaryl/α,β-unsaturated/α-hetero) is 1. The fourth-order valence-corrected chi connectivity index (χ4v) is 2.67. The van der Waals surface area contributed by atoms with Gasteiger partial charge in [0.25, 0.3) is 0 Å². The van der Waals surface area contributed by atoms with E-state index in [0.717, 1.165) is 0 Å². The highest BCUT2D eigenvalue weighted by molar-refractivity contribution is 5.83. The van der Waals surface area contributed by atoms with E-state index in [1.54, 1.807) is 0 Å². The highest BCUT2D eigenvalue weighted by Gasteiger charge is 2.31. The van der Waals surface area contributed by atoms with Gasteiger partial charge in [-0.25, -0.2) is 0 Å². The number of nitrogens with zero attached hydrogens (tertiary/aromatic N) is 1. The molecule has 3 atom stereocenters. The van der Waals surface area contributed by atoms with Crippen LogP contribution in [0.4, 0.5) is 0 Å². The summed E-state index contributed by atoms with van der Waals surface area (Å²) < 4.78 is 0. The average molecular weight is 197 g/mol. The standard InChI is InChI=1S/C12H23NO/c1-5-12(14)11(4)13-9(2)7-6-8-10(13)3/h9-11H,5-8H2,1-4H3. The molecule has 0 amide bonds. The van der Waals surface area contributed by atoms with Crippen LogP contribution in [0.25, 0.3) is 0 Å². The lowest BCUT2D eigenvalue weighted by molar-refractivity contribution is -0.126. The fourth-order valence-electron chi connectivity index (χ4n) is 2.67. The Hall–Kier alpha value is -0.370. The Labute approximate surface area is 87.7 Å². The molecule has 0 aromatic carbocycles. The molecule has 14 heavy (non-hydrogen) atoms. The van der Waals surface area contributed by atoms with Crippen LogP contribution in [0.3, 0.4) is 0 Å². The molecule has 0 aromatic rings. The van der Waals surface area contributed by atoms with E-state index in [1.165, 1.54) is 19.3 Å². The number of carbonyl (C=O) groups is 1. The molecule has 1 heterocycles. The van der Waals surface area contributed by atoms with Crippen LogP contribution in [-0.2, 0) is 4.79 Å². The maximum atomic E-state index is 11.7. The number of likely N-dealkylation sites (tertiary alicyclic amines) is 1. The first kappa shape index (κ1) is 11.7. The number of hydrogen-bond donors (Lipinski definition) is 0. The molecule has 0 saturated carbocycles. The first-order chi connectivity index (χ1) is 6.57. The minimum absolute atomic E-state index is 0.116. The van der Waals surface area contributed by atoms with Crippen molar-refractivity contribution < 1.29 is 4.79 Å². The van der Waals surface area contributed by atoms with Crippen LogP contribution >= 0.6 is 0 Å². The van der Waals surface area contributed by atoms with Crippen molar-refractivity contribution in [1.82, 2.24) is 4.90 Å². The van der Waals surface area contributed by atoms with Gasteiger partial charge in [0.15, 0.2) is 0 Å². The summed E-state index contributed by atoms with van der Waals surface area (Å²) in [5.74, 6) is 0.380. The number of hydrogen-bond acceptors (Lipinski definition) is 2. The summed E-state index contributed by atoms with van der Waals surface area (Å²) in [6, 6.07) is 1.26. The summed E-state index contributed by atoms with van der Waals surface area (Å²) in [6.07, 6.45) is 4.46. The molecule has 82 valence electrons. The molecule has 0 radical (unpaired) electrons. The lowest BCUT2D eigenvalue weighted by Crippen LogP contribution is -2.51. The van der Waals surface area contributed by atoms with Crippen molar-refractivity contribution in [2.45, 2.75) is 71.5 Å². The summed E-state index contributed by atoms with van der Waals surface area (Å²) >= 11 is 0. The molecule has 1 rings (SSSR count). The van der Waals surface area contributed by atoms with E-state index in [9.17, 15) is 4.79 Å². The maximum Gasteiger partial charge on any atom is 0.149 e. The zero-order valence-corrected chi connectivity index (χ0v) is 9.92. The van der Waals surface area contributed by atoms with Gasteiger partial charge in [0.05, 0.1) is 6.04 Å². The Morgan fingerprint density at radius 2 is 1.86 bits per heavy atom. The molecule has 2 heteroatoms. The van der Waals surface area contributed by atoms with E-state index >= 15 is 0 Å². The van der Waals surface area contributed by atoms with Crippen LogP contribution in [0.15, 0.2) is 0 Å². The molecule has 2 nitrogen and oxygen atoms in total. The molecule has 3 unspecified atom stereocenters. The van der Waals surface area contributed by atoms with E-state index in [4.69, 9.17) is 0 Å². The predicted molar refractivity (Wildman–Crippen MR) is 59.4 cm³/mol. The van der Waals surface area contributed by atoms with Crippen LogP contribution < -0.4 is 0 Å². The minimum atomic E-state index is 0.116. The van der Waals surface area contributed by atoms with E-state index in [0.29, 0.717) is 24.3 Å². The largest absolute Gasteiger partial charge is 0.298 e. The Bertz CT molecular complexity index is 192. The smallest absolute Gasteiger partial charge is 0.149 e.